The third-order valence-corrected chi connectivity index (χ3v) is 3.02. The van der Waals surface area contributed by atoms with Crippen molar-refractivity contribution < 1.29 is 9.13 Å². The molecule has 2 rings (SSSR count). The van der Waals surface area contributed by atoms with Crippen LogP contribution in [0.2, 0.25) is 0 Å². The van der Waals surface area contributed by atoms with Crippen LogP contribution in [0.5, 0.6) is 5.75 Å². The van der Waals surface area contributed by atoms with Crippen molar-refractivity contribution in [2.24, 2.45) is 0 Å². The molecule has 0 saturated carbocycles. The van der Waals surface area contributed by atoms with Crippen LogP contribution >= 0.6 is 11.3 Å². The molecule has 0 N–H and O–H groups in total. The van der Waals surface area contributed by atoms with Gasteiger partial charge in [-0.15, -0.1) is 11.3 Å². The molecule has 1 aromatic heterocycles. The minimum absolute atomic E-state index is 0.136. The van der Waals surface area contributed by atoms with Gasteiger partial charge in [0.15, 0.2) is 11.6 Å². The summed E-state index contributed by atoms with van der Waals surface area (Å²) in [5.74, 6) is -0.394. The largest absolute Gasteiger partial charge is 0.483 e. The molecule has 0 spiro atoms. The Morgan fingerprint density at radius 2 is 2.35 bits per heavy atom. The van der Waals surface area contributed by atoms with E-state index in [4.69, 9.17) is 10.00 Å². The number of nitriles is 1. The van der Waals surface area contributed by atoms with Crippen LogP contribution in [-0.4, -0.2) is 4.98 Å². The third-order valence-electron chi connectivity index (χ3n) is 2.08. The summed E-state index contributed by atoms with van der Waals surface area (Å²) in [6.45, 7) is 2.13. The zero-order chi connectivity index (χ0) is 12.3. The Morgan fingerprint density at radius 1 is 1.53 bits per heavy atom. The van der Waals surface area contributed by atoms with E-state index < -0.39 is 5.82 Å². The Morgan fingerprint density at radius 3 is 2.94 bits per heavy atom. The van der Waals surface area contributed by atoms with Crippen molar-refractivity contribution in [1.29, 1.82) is 5.26 Å². The van der Waals surface area contributed by atoms with E-state index >= 15 is 0 Å². The van der Waals surface area contributed by atoms with Gasteiger partial charge in [-0.2, -0.15) is 5.26 Å². The molecule has 1 heterocycles. The van der Waals surface area contributed by atoms with E-state index in [2.05, 4.69) is 4.98 Å². The lowest BCUT2D eigenvalue weighted by atomic mass is 10.2. The van der Waals surface area contributed by atoms with Crippen molar-refractivity contribution >= 4 is 11.3 Å². The van der Waals surface area contributed by atoms with Crippen LogP contribution in [-0.2, 0) is 6.61 Å². The van der Waals surface area contributed by atoms with Gasteiger partial charge in [-0.1, -0.05) is 0 Å². The van der Waals surface area contributed by atoms with Gasteiger partial charge in [0, 0.05) is 11.1 Å². The van der Waals surface area contributed by atoms with Crippen molar-refractivity contribution in [3.05, 3.63) is 45.7 Å². The summed E-state index contributed by atoms with van der Waals surface area (Å²) in [6.07, 6.45) is 0. The van der Waals surface area contributed by atoms with Crippen molar-refractivity contribution in [3.8, 4) is 11.8 Å². The van der Waals surface area contributed by atoms with Gasteiger partial charge in [-0.25, -0.2) is 9.37 Å². The normalized spacial score (nSPS) is 9.94. The Kier molecular flexibility index (Phi) is 3.35. The average molecular weight is 248 g/mol. The zero-order valence-electron chi connectivity index (χ0n) is 9.11. The summed E-state index contributed by atoms with van der Waals surface area (Å²) in [6, 6.07) is 5.99. The highest BCUT2D eigenvalue weighted by atomic mass is 32.1. The number of halogens is 1. The number of thiazole rings is 1. The molecule has 2 aromatic rings. The molecule has 5 heteroatoms. The molecule has 86 valence electrons. The first-order valence-corrected chi connectivity index (χ1v) is 5.80. The van der Waals surface area contributed by atoms with E-state index in [0.717, 1.165) is 16.8 Å². The molecule has 17 heavy (non-hydrogen) atoms. The van der Waals surface area contributed by atoms with Crippen LogP contribution in [0.3, 0.4) is 0 Å². The SMILES string of the molecule is Cc1csc(COc2ccc(C#N)cc2F)n1. The number of benzene rings is 1. The molecule has 0 saturated heterocycles. The highest BCUT2D eigenvalue weighted by molar-refractivity contribution is 7.09. The maximum Gasteiger partial charge on any atom is 0.166 e. The number of rotatable bonds is 3. The van der Waals surface area contributed by atoms with Crippen molar-refractivity contribution in [1.82, 2.24) is 4.98 Å². The fourth-order valence-corrected chi connectivity index (χ4v) is 1.98. The van der Waals surface area contributed by atoms with E-state index in [1.807, 2.05) is 18.4 Å². The monoisotopic (exact) mass is 248 g/mol. The molecule has 0 bridgehead atoms. The van der Waals surface area contributed by atoms with Gasteiger partial charge < -0.3 is 4.74 Å². The average Bonchev–Trinajstić information content (AvgIpc) is 2.73. The van der Waals surface area contributed by atoms with Gasteiger partial charge in [-0.3, -0.25) is 0 Å². The lowest BCUT2D eigenvalue weighted by Crippen LogP contribution is -1.97. The van der Waals surface area contributed by atoms with E-state index in [-0.39, 0.29) is 17.9 Å². The minimum atomic E-state index is -0.530. The van der Waals surface area contributed by atoms with Gasteiger partial charge in [-0.05, 0) is 25.1 Å². The second kappa shape index (κ2) is 4.93. The van der Waals surface area contributed by atoms with Gasteiger partial charge >= 0.3 is 0 Å². The molecule has 0 aliphatic heterocycles. The number of ether oxygens (including phenoxy) is 1. The predicted octanol–water partition coefficient (Wildman–Crippen LogP) is 3.04. The number of aryl methyl sites for hydroxylation is 1. The van der Waals surface area contributed by atoms with Crippen LogP contribution < -0.4 is 4.74 Å². The quantitative estimate of drug-likeness (QED) is 0.838. The van der Waals surface area contributed by atoms with Gasteiger partial charge in [0.2, 0.25) is 0 Å². The first-order chi connectivity index (χ1) is 8.19. The molecule has 1 aromatic carbocycles. The summed E-state index contributed by atoms with van der Waals surface area (Å²) >= 11 is 1.47. The minimum Gasteiger partial charge on any atom is -0.483 e. The van der Waals surface area contributed by atoms with E-state index in [0.29, 0.717) is 0 Å². The van der Waals surface area contributed by atoms with Crippen LogP contribution in [0.15, 0.2) is 23.6 Å². The van der Waals surface area contributed by atoms with Crippen LogP contribution in [0.1, 0.15) is 16.3 Å². The summed E-state index contributed by atoms with van der Waals surface area (Å²) < 4.78 is 18.8. The van der Waals surface area contributed by atoms with Crippen molar-refractivity contribution in [3.63, 3.8) is 0 Å². The molecule has 0 radical (unpaired) electrons. The van der Waals surface area contributed by atoms with Crippen LogP contribution in [0.25, 0.3) is 0 Å². The van der Waals surface area contributed by atoms with Crippen LogP contribution in [0, 0.1) is 24.1 Å². The van der Waals surface area contributed by atoms with Crippen molar-refractivity contribution in [2.75, 3.05) is 0 Å². The second-order valence-electron chi connectivity index (χ2n) is 3.43. The molecule has 0 fully saturated rings. The predicted molar refractivity (Wildman–Crippen MR) is 62.3 cm³/mol. The number of hydrogen-bond acceptors (Lipinski definition) is 4. The first-order valence-electron chi connectivity index (χ1n) is 4.92. The Bertz CT molecular complexity index is 574. The lowest BCUT2D eigenvalue weighted by Gasteiger charge is -2.05. The fraction of sp³-hybridized carbons (Fsp3) is 0.167. The highest BCUT2D eigenvalue weighted by Crippen LogP contribution is 2.20. The van der Waals surface area contributed by atoms with Crippen LogP contribution in [0.4, 0.5) is 4.39 Å². The standard InChI is InChI=1S/C12H9FN2OS/c1-8-7-17-12(15-8)6-16-11-3-2-9(5-14)4-10(11)13/h2-4,7H,6H2,1H3. The maximum absolute atomic E-state index is 13.5. The Balaban J connectivity index is 2.07. The number of aromatic nitrogens is 1. The Hall–Kier alpha value is -1.93. The number of nitrogens with zero attached hydrogens (tertiary/aromatic N) is 2. The van der Waals surface area contributed by atoms with E-state index in [1.165, 1.54) is 23.5 Å². The summed E-state index contributed by atoms with van der Waals surface area (Å²) in [5.41, 5.74) is 1.20. The van der Waals surface area contributed by atoms with E-state index in [1.54, 1.807) is 0 Å². The highest BCUT2D eigenvalue weighted by Gasteiger charge is 2.06. The molecular weight excluding hydrogens is 239 g/mol. The molecule has 0 aliphatic rings. The zero-order valence-corrected chi connectivity index (χ0v) is 9.92. The third kappa shape index (κ3) is 2.80. The first kappa shape index (κ1) is 11.6. The molecule has 0 unspecified atom stereocenters. The summed E-state index contributed by atoms with van der Waals surface area (Å²) in [7, 11) is 0. The van der Waals surface area contributed by atoms with E-state index in [9.17, 15) is 4.39 Å². The number of hydrogen-bond donors (Lipinski definition) is 0. The molecule has 0 atom stereocenters. The molecule has 0 amide bonds. The fourth-order valence-electron chi connectivity index (χ4n) is 1.30. The van der Waals surface area contributed by atoms with Crippen molar-refractivity contribution in [2.45, 2.75) is 13.5 Å². The summed E-state index contributed by atoms with van der Waals surface area (Å²) in [5, 5.41) is 11.3. The maximum atomic E-state index is 13.5. The van der Waals surface area contributed by atoms with Gasteiger partial charge in [0.05, 0.1) is 11.6 Å². The second-order valence-corrected chi connectivity index (χ2v) is 4.37. The van der Waals surface area contributed by atoms with Gasteiger partial charge in [0.1, 0.15) is 11.6 Å². The van der Waals surface area contributed by atoms with Gasteiger partial charge in [0.25, 0.3) is 0 Å². The molecule has 0 aliphatic carbocycles. The lowest BCUT2D eigenvalue weighted by molar-refractivity contribution is 0.289. The Labute approximate surface area is 102 Å². The smallest absolute Gasteiger partial charge is 0.166 e. The summed E-state index contributed by atoms with van der Waals surface area (Å²) in [4.78, 5) is 4.21. The molecular formula is C12H9FN2OS. The molecule has 3 nitrogen and oxygen atoms in total. The topological polar surface area (TPSA) is 45.9 Å².